The standard InChI is InChI=1S/C28H42N4O5Si/c1-17-25(18(2)37-31-17)19-9-14-23-22(15-19)30-26(32(23)20-10-12-21(34-6)13-11-20)24(36-27(29)33)16-35-38(7,8)28(3,4)5/h9,14-15,20-21,24H,10-13,16H2,1-8H3,(H2,29,33)/t20?,21?,24-/m1/s1. The Balaban J connectivity index is 1.80. The van der Waals surface area contributed by atoms with Crippen molar-refractivity contribution < 1.29 is 23.2 Å². The Bertz CT molecular complexity index is 1260. The van der Waals surface area contributed by atoms with Gasteiger partial charge in [-0.15, -0.1) is 0 Å². The van der Waals surface area contributed by atoms with Gasteiger partial charge in [-0.25, -0.2) is 9.78 Å². The smallest absolute Gasteiger partial charge is 0.405 e. The van der Waals surface area contributed by atoms with E-state index < -0.39 is 20.5 Å². The Morgan fingerprint density at radius 3 is 2.45 bits per heavy atom. The summed E-state index contributed by atoms with van der Waals surface area (Å²) in [4.78, 5) is 17.1. The molecule has 0 spiro atoms. The topological polar surface area (TPSA) is 115 Å². The molecule has 1 amide bonds. The fourth-order valence-corrected chi connectivity index (χ4v) is 6.12. The van der Waals surface area contributed by atoms with Crippen molar-refractivity contribution in [3.63, 3.8) is 0 Å². The number of aromatic nitrogens is 3. The van der Waals surface area contributed by atoms with Crippen molar-refractivity contribution in [2.75, 3.05) is 13.7 Å². The Morgan fingerprint density at radius 1 is 1.21 bits per heavy atom. The van der Waals surface area contributed by atoms with Crippen molar-refractivity contribution in [3.8, 4) is 11.1 Å². The number of hydrogen-bond donors (Lipinski definition) is 1. The summed E-state index contributed by atoms with van der Waals surface area (Å²) >= 11 is 0. The molecule has 3 aromatic rings. The molecule has 0 aliphatic heterocycles. The van der Waals surface area contributed by atoms with Gasteiger partial charge in [0, 0.05) is 18.7 Å². The number of methoxy groups -OCH3 is 1. The predicted molar refractivity (Wildman–Crippen MR) is 150 cm³/mol. The van der Waals surface area contributed by atoms with Gasteiger partial charge < -0.3 is 28.7 Å². The minimum Gasteiger partial charge on any atom is -0.436 e. The zero-order chi connectivity index (χ0) is 27.8. The van der Waals surface area contributed by atoms with Crippen molar-refractivity contribution in [1.82, 2.24) is 14.7 Å². The zero-order valence-electron chi connectivity index (χ0n) is 24.0. The number of carbonyl (C=O) groups is 1. The van der Waals surface area contributed by atoms with Gasteiger partial charge in [-0.2, -0.15) is 0 Å². The molecule has 0 bridgehead atoms. The number of fused-ring (bicyclic) bond motifs is 1. The SMILES string of the molecule is COC1CCC(n2c([C@@H](CO[Si](C)(C)C(C)(C)C)OC(N)=O)nc3cc(-c4c(C)noc4C)ccc32)CC1. The second kappa shape index (κ2) is 10.8. The number of aryl methyl sites for hydroxylation is 2. The highest BCUT2D eigenvalue weighted by atomic mass is 28.4. The lowest BCUT2D eigenvalue weighted by atomic mass is 9.92. The van der Waals surface area contributed by atoms with Gasteiger partial charge in [-0.1, -0.05) is 32.0 Å². The van der Waals surface area contributed by atoms with Gasteiger partial charge in [-0.05, 0) is 75.4 Å². The summed E-state index contributed by atoms with van der Waals surface area (Å²) in [6.45, 7) is 15.0. The van der Waals surface area contributed by atoms with Crippen molar-refractivity contribution in [1.29, 1.82) is 0 Å². The summed E-state index contributed by atoms with van der Waals surface area (Å²) < 4.78 is 25.5. The number of benzene rings is 1. The lowest BCUT2D eigenvalue weighted by Gasteiger charge is -2.37. The van der Waals surface area contributed by atoms with E-state index in [0.29, 0.717) is 5.82 Å². The molecular formula is C28H42N4O5Si. The normalized spacial score (nSPS) is 19.6. The van der Waals surface area contributed by atoms with Crippen LogP contribution in [0.15, 0.2) is 22.7 Å². The minimum atomic E-state index is -2.12. The molecule has 1 atom stereocenters. The van der Waals surface area contributed by atoms with Crippen LogP contribution in [0.1, 0.15) is 75.9 Å². The van der Waals surface area contributed by atoms with Crippen molar-refractivity contribution in [2.45, 2.75) is 96.7 Å². The van der Waals surface area contributed by atoms with Crippen LogP contribution in [0.5, 0.6) is 0 Å². The first-order valence-electron chi connectivity index (χ1n) is 13.4. The van der Waals surface area contributed by atoms with Gasteiger partial charge in [0.25, 0.3) is 0 Å². The van der Waals surface area contributed by atoms with E-state index in [9.17, 15) is 4.79 Å². The molecule has 1 fully saturated rings. The summed E-state index contributed by atoms with van der Waals surface area (Å²) in [7, 11) is -0.351. The fraction of sp³-hybridized carbons (Fsp3) is 0.607. The van der Waals surface area contributed by atoms with E-state index in [1.807, 2.05) is 13.8 Å². The summed E-state index contributed by atoms with van der Waals surface area (Å²) in [5, 5.41) is 4.12. The molecule has 9 nitrogen and oxygen atoms in total. The first kappa shape index (κ1) is 28.3. The van der Waals surface area contributed by atoms with Crippen LogP contribution in [0.3, 0.4) is 0 Å². The fourth-order valence-electron chi connectivity index (χ4n) is 5.12. The van der Waals surface area contributed by atoms with Crippen LogP contribution in [0, 0.1) is 13.8 Å². The molecule has 38 heavy (non-hydrogen) atoms. The highest BCUT2D eigenvalue weighted by molar-refractivity contribution is 6.74. The number of nitrogens with zero attached hydrogens (tertiary/aromatic N) is 3. The van der Waals surface area contributed by atoms with Gasteiger partial charge in [0.1, 0.15) is 5.76 Å². The third kappa shape index (κ3) is 5.67. The lowest BCUT2D eigenvalue weighted by Crippen LogP contribution is -2.42. The maximum atomic E-state index is 12.1. The maximum Gasteiger partial charge on any atom is 0.405 e. The number of imidazole rings is 1. The summed E-state index contributed by atoms with van der Waals surface area (Å²) in [6, 6.07) is 6.41. The maximum absolute atomic E-state index is 12.1. The molecule has 10 heteroatoms. The van der Waals surface area contributed by atoms with Crippen molar-refractivity contribution in [3.05, 3.63) is 35.5 Å². The second-order valence-corrected chi connectivity index (χ2v) is 16.7. The van der Waals surface area contributed by atoms with Crippen LogP contribution in [0.2, 0.25) is 18.1 Å². The Labute approximate surface area is 226 Å². The molecule has 1 aromatic carbocycles. The van der Waals surface area contributed by atoms with Crippen LogP contribution in [0.25, 0.3) is 22.2 Å². The van der Waals surface area contributed by atoms with Gasteiger partial charge in [0.05, 0.1) is 29.4 Å². The van der Waals surface area contributed by atoms with E-state index in [1.165, 1.54) is 0 Å². The summed E-state index contributed by atoms with van der Waals surface area (Å²) in [5.74, 6) is 1.42. The van der Waals surface area contributed by atoms with Crippen molar-refractivity contribution in [2.24, 2.45) is 5.73 Å². The van der Waals surface area contributed by atoms with E-state index >= 15 is 0 Å². The molecule has 2 aromatic heterocycles. The van der Waals surface area contributed by atoms with E-state index in [2.05, 4.69) is 61.8 Å². The van der Waals surface area contributed by atoms with Gasteiger partial charge >= 0.3 is 6.09 Å². The van der Waals surface area contributed by atoms with E-state index in [-0.39, 0.29) is 23.8 Å². The third-order valence-corrected chi connectivity index (χ3v) is 12.8. The Morgan fingerprint density at radius 2 is 1.89 bits per heavy atom. The Hall–Kier alpha value is -2.69. The molecule has 0 unspecified atom stereocenters. The lowest BCUT2D eigenvalue weighted by molar-refractivity contribution is 0.0481. The van der Waals surface area contributed by atoms with Crippen LogP contribution in [-0.4, -0.2) is 48.9 Å². The molecule has 1 aliphatic rings. The molecule has 2 N–H and O–H groups in total. The quantitative estimate of drug-likeness (QED) is 0.319. The minimum absolute atomic E-state index is 0.00615. The van der Waals surface area contributed by atoms with Gasteiger partial charge in [-0.3, -0.25) is 0 Å². The van der Waals surface area contributed by atoms with Gasteiger partial charge in [0.2, 0.25) is 0 Å². The number of ether oxygens (including phenoxy) is 2. The zero-order valence-corrected chi connectivity index (χ0v) is 25.0. The third-order valence-electron chi connectivity index (χ3n) is 8.33. The largest absolute Gasteiger partial charge is 0.436 e. The monoisotopic (exact) mass is 542 g/mol. The number of amides is 1. The molecule has 1 saturated carbocycles. The molecule has 0 radical (unpaired) electrons. The first-order valence-corrected chi connectivity index (χ1v) is 16.3. The highest BCUT2D eigenvalue weighted by Crippen LogP contribution is 2.40. The van der Waals surface area contributed by atoms with E-state index in [1.54, 1.807) is 7.11 Å². The number of hydrogen-bond acceptors (Lipinski definition) is 7. The average molecular weight is 543 g/mol. The predicted octanol–water partition coefficient (Wildman–Crippen LogP) is 6.60. The molecule has 4 rings (SSSR count). The van der Waals surface area contributed by atoms with Gasteiger partial charge in [0.15, 0.2) is 20.2 Å². The molecule has 0 saturated heterocycles. The molecular weight excluding hydrogens is 500 g/mol. The van der Waals surface area contributed by atoms with Crippen LogP contribution in [-0.2, 0) is 13.9 Å². The van der Waals surface area contributed by atoms with Crippen LogP contribution in [0.4, 0.5) is 4.79 Å². The summed E-state index contributed by atoms with van der Waals surface area (Å²) in [5.41, 5.74) is 10.1. The average Bonchev–Trinajstić information content (AvgIpc) is 3.39. The van der Waals surface area contributed by atoms with E-state index in [0.717, 1.165) is 59.3 Å². The number of rotatable bonds is 8. The van der Waals surface area contributed by atoms with E-state index in [4.69, 9.17) is 29.1 Å². The molecule has 2 heterocycles. The van der Waals surface area contributed by atoms with Crippen molar-refractivity contribution >= 4 is 25.4 Å². The number of nitrogens with two attached hydrogens (primary N) is 1. The highest BCUT2D eigenvalue weighted by Gasteiger charge is 2.39. The number of primary amides is 1. The number of carbonyl (C=O) groups excluding carboxylic acids is 1. The summed E-state index contributed by atoms with van der Waals surface area (Å²) in [6.07, 6.45) is 2.49. The Kier molecular flexibility index (Phi) is 8.06. The molecule has 1 aliphatic carbocycles. The molecule has 208 valence electrons. The second-order valence-electron chi connectivity index (χ2n) is 11.9. The van der Waals surface area contributed by atoms with Crippen LogP contribution < -0.4 is 5.73 Å². The van der Waals surface area contributed by atoms with Crippen LogP contribution >= 0.6 is 0 Å². The first-order chi connectivity index (χ1) is 17.8.